The Morgan fingerprint density at radius 3 is 2.50 bits per heavy atom. The van der Waals surface area contributed by atoms with E-state index in [0.29, 0.717) is 17.3 Å². The zero-order valence-corrected chi connectivity index (χ0v) is 18.3. The topological polar surface area (TPSA) is 146 Å². The molecule has 10 nitrogen and oxygen atoms in total. The molecule has 32 heavy (non-hydrogen) atoms. The number of primary sulfonamides is 1. The van der Waals surface area contributed by atoms with Gasteiger partial charge in [-0.2, -0.15) is 9.78 Å². The maximum atomic E-state index is 11.6. The number of nitro groups is 1. The molecular formula is C21H20N6O4S. The molecule has 11 heteroatoms. The maximum Gasteiger partial charge on any atom is 0.294 e. The van der Waals surface area contributed by atoms with Crippen LogP contribution in [-0.4, -0.2) is 28.1 Å². The molecule has 164 valence electrons. The van der Waals surface area contributed by atoms with Gasteiger partial charge in [-0.1, -0.05) is 18.2 Å². The predicted molar refractivity (Wildman–Crippen MR) is 121 cm³/mol. The van der Waals surface area contributed by atoms with E-state index in [2.05, 4.69) is 10.4 Å². The standard InChI is InChI=1S/C21H20N6O4S/c1-12-5-4-6-16-13(2)9-19(24-21(12)16)26-20(10-14(3)25-26)23-17-8-7-15(32(22,30)31)11-18(17)27(28)29/h4-11,23H,1-3H3,(H2,22,30,31). The highest BCUT2D eigenvalue weighted by atomic mass is 32.2. The summed E-state index contributed by atoms with van der Waals surface area (Å²) < 4.78 is 24.8. The molecule has 0 aliphatic heterocycles. The minimum atomic E-state index is -4.08. The smallest absolute Gasteiger partial charge is 0.294 e. The number of hydrogen-bond acceptors (Lipinski definition) is 7. The first kappa shape index (κ1) is 21.4. The molecule has 4 aromatic rings. The van der Waals surface area contributed by atoms with E-state index in [0.717, 1.165) is 28.1 Å². The summed E-state index contributed by atoms with van der Waals surface area (Å²) in [4.78, 5) is 15.3. The Balaban J connectivity index is 1.84. The largest absolute Gasteiger partial charge is 0.334 e. The van der Waals surface area contributed by atoms with E-state index in [-0.39, 0.29) is 10.6 Å². The van der Waals surface area contributed by atoms with Crippen molar-refractivity contribution in [3.05, 3.63) is 75.5 Å². The average Bonchev–Trinajstić information content (AvgIpc) is 3.08. The fourth-order valence-corrected chi connectivity index (χ4v) is 4.03. The molecule has 3 N–H and O–H groups in total. The summed E-state index contributed by atoms with van der Waals surface area (Å²) in [5.41, 5.74) is 3.19. The van der Waals surface area contributed by atoms with E-state index < -0.39 is 20.6 Å². The van der Waals surface area contributed by atoms with Gasteiger partial charge in [0, 0.05) is 17.5 Å². The average molecular weight is 452 g/mol. The van der Waals surface area contributed by atoms with Crippen molar-refractivity contribution in [1.29, 1.82) is 0 Å². The van der Waals surface area contributed by atoms with Crippen LogP contribution in [0.4, 0.5) is 17.2 Å². The fraction of sp³-hybridized carbons (Fsp3) is 0.143. The van der Waals surface area contributed by atoms with Gasteiger partial charge in [0.15, 0.2) is 5.82 Å². The number of nitrogens with two attached hydrogens (primary N) is 1. The van der Waals surface area contributed by atoms with Crippen molar-refractivity contribution < 1.29 is 13.3 Å². The van der Waals surface area contributed by atoms with Gasteiger partial charge in [-0.3, -0.25) is 10.1 Å². The van der Waals surface area contributed by atoms with Crippen LogP contribution in [0.25, 0.3) is 16.7 Å². The molecule has 0 fully saturated rings. The highest BCUT2D eigenvalue weighted by Gasteiger charge is 2.21. The van der Waals surface area contributed by atoms with Crippen LogP contribution in [0, 0.1) is 30.9 Å². The number of hydrogen-bond donors (Lipinski definition) is 2. The Morgan fingerprint density at radius 2 is 1.81 bits per heavy atom. The number of pyridine rings is 1. The van der Waals surface area contributed by atoms with Crippen LogP contribution >= 0.6 is 0 Å². The second-order valence-corrected chi connectivity index (χ2v) is 9.02. The van der Waals surface area contributed by atoms with E-state index in [1.807, 2.05) is 38.1 Å². The second-order valence-electron chi connectivity index (χ2n) is 7.46. The number of fused-ring (bicyclic) bond motifs is 1. The molecule has 0 radical (unpaired) electrons. The molecule has 2 heterocycles. The van der Waals surface area contributed by atoms with Gasteiger partial charge in [0.05, 0.1) is 21.0 Å². The molecule has 2 aromatic carbocycles. The van der Waals surface area contributed by atoms with Gasteiger partial charge in [0.2, 0.25) is 10.0 Å². The van der Waals surface area contributed by atoms with Crippen LogP contribution in [0.15, 0.2) is 53.4 Å². The van der Waals surface area contributed by atoms with E-state index in [1.54, 1.807) is 17.7 Å². The third-order valence-corrected chi connectivity index (χ3v) is 5.95. The van der Waals surface area contributed by atoms with Gasteiger partial charge in [0.25, 0.3) is 5.69 Å². The van der Waals surface area contributed by atoms with E-state index in [1.165, 1.54) is 12.1 Å². The van der Waals surface area contributed by atoms with Gasteiger partial charge in [-0.25, -0.2) is 18.5 Å². The lowest BCUT2D eigenvalue weighted by Crippen LogP contribution is -2.13. The highest BCUT2D eigenvalue weighted by Crippen LogP contribution is 2.31. The Bertz CT molecular complexity index is 1490. The summed E-state index contributed by atoms with van der Waals surface area (Å²) in [6.07, 6.45) is 0. The van der Waals surface area contributed by atoms with Crippen molar-refractivity contribution in [3.63, 3.8) is 0 Å². The first-order valence-corrected chi connectivity index (χ1v) is 11.1. The van der Waals surface area contributed by atoms with Crippen molar-refractivity contribution in [1.82, 2.24) is 14.8 Å². The monoisotopic (exact) mass is 452 g/mol. The number of nitrogens with one attached hydrogen (secondary N) is 1. The van der Waals surface area contributed by atoms with Crippen molar-refractivity contribution in [2.75, 3.05) is 5.32 Å². The van der Waals surface area contributed by atoms with Crippen LogP contribution in [0.3, 0.4) is 0 Å². The van der Waals surface area contributed by atoms with Crippen LogP contribution in [-0.2, 0) is 10.0 Å². The van der Waals surface area contributed by atoms with Gasteiger partial charge in [0.1, 0.15) is 11.5 Å². The molecule has 0 unspecified atom stereocenters. The van der Waals surface area contributed by atoms with Gasteiger partial charge >= 0.3 is 0 Å². The molecule has 0 saturated heterocycles. The first-order chi connectivity index (χ1) is 15.0. The van der Waals surface area contributed by atoms with E-state index in [4.69, 9.17) is 10.1 Å². The molecule has 0 amide bonds. The van der Waals surface area contributed by atoms with Crippen molar-refractivity contribution in [3.8, 4) is 5.82 Å². The summed E-state index contributed by atoms with van der Waals surface area (Å²) in [5.74, 6) is 0.984. The van der Waals surface area contributed by atoms with Crippen molar-refractivity contribution in [2.45, 2.75) is 25.7 Å². The lowest BCUT2D eigenvalue weighted by Gasteiger charge is -2.12. The maximum absolute atomic E-state index is 11.6. The number of benzene rings is 2. The molecule has 0 spiro atoms. The summed E-state index contributed by atoms with van der Waals surface area (Å²) in [6, 6.07) is 13.0. The molecule has 2 aromatic heterocycles. The van der Waals surface area contributed by atoms with Crippen LogP contribution in [0.1, 0.15) is 16.8 Å². The van der Waals surface area contributed by atoms with Crippen LogP contribution in [0.2, 0.25) is 0 Å². The third-order valence-electron chi connectivity index (χ3n) is 5.04. The number of nitro benzene ring substituents is 1. The van der Waals surface area contributed by atoms with Crippen LogP contribution in [0.5, 0.6) is 0 Å². The second kappa shape index (κ2) is 7.70. The Labute approximate surface area is 183 Å². The van der Waals surface area contributed by atoms with E-state index in [9.17, 15) is 18.5 Å². The molecule has 0 saturated carbocycles. The SMILES string of the molecule is Cc1cc(Nc2ccc(S(N)(=O)=O)cc2[N+](=O)[O-])n(-c2cc(C)c3cccc(C)c3n2)n1. The number of anilines is 2. The normalized spacial score (nSPS) is 11.6. The predicted octanol–water partition coefficient (Wildman–Crippen LogP) is 3.64. The summed E-state index contributed by atoms with van der Waals surface area (Å²) >= 11 is 0. The minimum Gasteiger partial charge on any atom is -0.334 e. The number of para-hydroxylation sites is 1. The number of sulfonamides is 1. The van der Waals surface area contributed by atoms with Crippen molar-refractivity contribution in [2.24, 2.45) is 5.14 Å². The number of rotatable bonds is 5. The summed E-state index contributed by atoms with van der Waals surface area (Å²) in [5, 5.41) is 25.2. The number of aryl methyl sites for hydroxylation is 3. The number of nitrogens with zero attached hydrogens (tertiary/aromatic N) is 4. The molecule has 0 bridgehead atoms. The Kier molecular flexibility index (Phi) is 5.15. The fourth-order valence-electron chi connectivity index (χ4n) is 3.50. The molecule has 0 aliphatic carbocycles. The Morgan fingerprint density at radius 1 is 1.06 bits per heavy atom. The molecule has 0 atom stereocenters. The van der Waals surface area contributed by atoms with E-state index >= 15 is 0 Å². The zero-order chi connectivity index (χ0) is 23.2. The quantitative estimate of drug-likeness (QED) is 0.347. The summed E-state index contributed by atoms with van der Waals surface area (Å²) in [6.45, 7) is 5.75. The highest BCUT2D eigenvalue weighted by molar-refractivity contribution is 7.89. The Hall–Kier alpha value is -3.83. The number of aromatic nitrogens is 3. The third kappa shape index (κ3) is 3.90. The lowest BCUT2D eigenvalue weighted by molar-refractivity contribution is -0.384. The zero-order valence-electron chi connectivity index (χ0n) is 17.5. The lowest BCUT2D eigenvalue weighted by atomic mass is 10.1. The molecular weight excluding hydrogens is 432 g/mol. The van der Waals surface area contributed by atoms with Gasteiger partial charge < -0.3 is 5.32 Å². The first-order valence-electron chi connectivity index (χ1n) is 9.57. The minimum absolute atomic E-state index is 0.0947. The molecule has 4 rings (SSSR count). The molecule has 0 aliphatic rings. The van der Waals surface area contributed by atoms with Gasteiger partial charge in [-0.15, -0.1) is 0 Å². The summed E-state index contributed by atoms with van der Waals surface area (Å²) in [7, 11) is -4.08. The van der Waals surface area contributed by atoms with Gasteiger partial charge in [-0.05, 0) is 50.1 Å². The van der Waals surface area contributed by atoms with Crippen molar-refractivity contribution >= 4 is 38.1 Å². The van der Waals surface area contributed by atoms with Crippen LogP contribution < -0.4 is 10.5 Å².